The molecule has 2 aliphatic heterocycles. The van der Waals surface area contributed by atoms with Gasteiger partial charge in [0.05, 0.1) is 19.0 Å². The molecule has 9 nitrogen and oxygen atoms in total. The lowest BCUT2D eigenvalue weighted by atomic mass is 9.94. The predicted octanol–water partition coefficient (Wildman–Crippen LogP) is 3.30. The van der Waals surface area contributed by atoms with Crippen LogP contribution < -0.4 is 20.3 Å². The maximum atomic E-state index is 14.2. The smallest absolute Gasteiger partial charge is 0.324 e. The van der Waals surface area contributed by atoms with Crippen molar-refractivity contribution in [1.82, 2.24) is 20.1 Å². The van der Waals surface area contributed by atoms with E-state index in [1.54, 1.807) is 17.3 Å². The Morgan fingerprint density at radius 3 is 2.53 bits per heavy atom. The number of hydrogen-bond acceptors (Lipinski definition) is 9. The second-order valence-corrected chi connectivity index (χ2v) is 9.04. The summed E-state index contributed by atoms with van der Waals surface area (Å²) in [5.41, 5.74) is 6.47. The molecule has 2 N–H and O–H groups in total. The van der Waals surface area contributed by atoms with E-state index in [9.17, 15) is 17.6 Å². The summed E-state index contributed by atoms with van der Waals surface area (Å²) in [5.74, 6) is -0.757. The third-order valence-electron chi connectivity index (χ3n) is 6.62. The minimum absolute atomic E-state index is 0.109. The number of alkyl halides is 2. The van der Waals surface area contributed by atoms with Crippen LogP contribution in [0.15, 0.2) is 35.1 Å². The highest BCUT2D eigenvalue weighted by Gasteiger charge is 2.34. The van der Waals surface area contributed by atoms with Gasteiger partial charge < -0.3 is 24.8 Å². The Labute approximate surface area is 204 Å². The maximum Gasteiger partial charge on any atom is 0.324 e. The SMILES string of the molecule is N[C@H]1CN(c2ncc(OCC3CCN(c4nc(C(F)F)no4)CC3)cn2)C[C@@H]1c1cc(F)ccc1F. The van der Waals surface area contributed by atoms with E-state index in [1.807, 2.05) is 4.90 Å². The lowest BCUT2D eigenvalue weighted by molar-refractivity contribution is 0.136. The maximum absolute atomic E-state index is 14.2. The van der Waals surface area contributed by atoms with E-state index in [2.05, 4.69) is 20.1 Å². The Kier molecular flexibility index (Phi) is 6.90. The van der Waals surface area contributed by atoms with E-state index in [0.29, 0.717) is 44.5 Å². The molecular formula is C23H25F4N7O2. The molecule has 2 saturated heterocycles. The lowest BCUT2D eigenvalue weighted by Gasteiger charge is -2.30. The molecule has 0 unspecified atom stereocenters. The topological polar surface area (TPSA) is 106 Å². The molecule has 0 amide bonds. The van der Waals surface area contributed by atoms with Crippen LogP contribution in [0.2, 0.25) is 0 Å². The van der Waals surface area contributed by atoms with Crippen molar-refractivity contribution in [3.8, 4) is 5.75 Å². The van der Waals surface area contributed by atoms with Crippen molar-refractivity contribution in [2.45, 2.75) is 31.2 Å². The number of nitrogens with zero attached hydrogens (tertiary/aromatic N) is 6. The van der Waals surface area contributed by atoms with Gasteiger partial charge in [-0.25, -0.2) is 27.5 Å². The molecule has 3 aromatic rings. The van der Waals surface area contributed by atoms with Crippen molar-refractivity contribution in [3.05, 3.63) is 53.6 Å². The summed E-state index contributed by atoms with van der Waals surface area (Å²) < 4.78 is 63.9. The number of piperidine rings is 1. The summed E-state index contributed by atoms with van der Waals surface area (Å²) in [7, 11) is 0. The first-order valence-electron chi connectivity index (χ1n) is 11.6. The molecule has 2 fully saturated rings. The van der Waals surface area contributed by atoms with Crippen LogP contribution in [0.25, 0.3) is 0 Å². The number of ether oxygens (including phenoxy) is 1. The molecule has 2 atom stereocenters. The monoisotopic (exact) mass is 507 g/mol. The van der Waals surface area contributed by atoms with Gasteiger partial charge in [0.2, 0.25) is 11.8 Å². The summed E-state index contributed by atoms with van der Waals surface area (Å²) in [4.78, 5) is 16.1. The highest BCUT2D eigenvalue weighted by molar-refractivity contribution is 5.39. The molecule has 0 aliphatic carbocycles. The minimum Gasteiger partial charge on any atom is -0.490 e. The molecule has 36 heavy (non-hydrogen) atoms. The molecule has 0 bridgehead atoms. The van der Waals surface area contributed by atoms with E-state index in [1.165, 1.54) is 6.07 Å². The summed E-state index contributed by atoms with van der Waals surface area (Å²) >= 11 is 0. The van der Waals surface area contributed by atoms with Crippen molar-refractivity contribution in [1.29, 1.82) is 0 Å². The van der Waals surface area contributed by atoms with Crippen LogP contribution in [-0.2, 0) is 0 Å². The fourth-order valence-corrected chi connectivity index (χ4v) is 4.62. The zero-order valence-corrected chi connectivity index (χ0v) is 19.2. The molecule has 5 rings (SSSR count). The first kappa shape index (κ1) is 24.2. The summed E-state index contributed by atoms with van der Waals surface area (Å²) in [6.07, 6.45) is 1.93. The highest BCUT2D eigenvalue weighted by atomic mass is 19.3. The zero-order valence-electron chi connectivity index (χ0n) is 19.2. The summed E-state index contributed by atoms with van der Waals surface area (Å²) in [5, 5.41) is 3.29. The van der Waals surface area contributed by atoms with Crippen LogP contribution in [0.3, 0.4) is 0 Å². The number of rotatable bonds is 7. The fraction of sp³-hybridized carbons (Fsp3) is 0.478. The molecule has 13 heteroatoms. The number of aromatic nitrogens is 4. The van der Waals surface area contributed by atoms with Crippen molar-refractivity contribution >= 4 is 12.0 Å². The average molecular weight is 507 g/mol. The van der Waals surface area contributed by atoms with E-state index < -0.39 is 23.9 Å². The first-order chi connectivity index (χ1) is 17.4. The average Bonchev–Trinajstić information content (AvgIpc) is 3.52. The molecule has 0 saturated carbocycles. The van der Waals surface area contributed by atoms with Crippen LogP contribution in [0.5, 0.6) is 5.75 Å². The molecule has 1 aromatic carbocycles. The van der Waals surface area contributed by atoms with Crippen molar-refractivity contribution in [2.24, 2.45) is 11.7 Å². The largest absolute Gasteiger partial charge is 0.490 e. The molecule has 192 valence electrons. The number of hydrogen-bond donors (Lipinski definition) is 1. The van der Waals surface area contributed by atoms with Gasteiger partial charge in [0, 0.05) is 38.1 Å². The van der Waals surface area contributed by atoms with Gasteiger partial charge in [-0.2, -0.15) is 4.98 Å². The van der Waals surface area contributed by atoms with Gasteiger partial charge in [-0.15, -0.1) is 0 Å². The summed E-state index contributed by atoms with van der Waals surface area (Å²) in [6, 6.07) is 3.11. The van der Waals surface area contributed by atoms with Crippen molar-refractivity contribution in [2.75, 3.05) is 42.6 Å². The number of nitrogens with two attached hydrogens (primary N) is 1. The number of halogens is 4. The van der Waals surface area contributed by atoms with E-state index >= 15 is 0 Å². The van der Waals surface area contributed by atoms with Gasteiger partial charge in [0.1, 0.15) is 11.6 Å². The third kappa shape index (κ3) is 5.20. The Hall–Kier alpha value is -3.48. The Bertz CT molecular complexity index is 1170. The number of anilines is 2. The quantitative estimate of drug-likeness (QED) is 0.482. The van der Waals surface area contributed by atoms with Gasteiger partial charge in [0.25, 0.3) is 0 Å². The van der Waals surface area contributed by atoms with E-state index in [-0.39, 0.29) is 29.5 Å². The van der Waals surface area contributed by atoms with E-state index in [0.717, 1.165) is 25.0 Å². The standard InChI is InChI=1S/C23H25F4N7O2/c24-14-1-2-18(25)16(7-14)17-10-34(11-19(17)28)22-29-8-15(9-30-22)35-12-13-3-5-33(6-4-13)23-31-21(20(26)27)32-36-23/h1-2,7-9,13,17,19-20H,3-6,10-12,28H2/t17-,19+/m1/s1. The van der Waals surface area contributed by atoms with Gasteiger partial charge in [-0.3, -0.25) is 0 Å². The van der Waals surface area contributed by atoms with Gasteiger partial charge in [0.15, 0.2) is 5.75 Å². The highest BCUT2D eigenvalue weighted by Crippen LogP contribution is 2.31. The molecule has 4 heterocycles. The molecule has 2 aliphatic rings. The molecule has 0 radical (unpaired) electrons. The molecular weight excluding hydrogens is 482 g/mol. The van der Waals surface area contributed by atoms with E-state index in [4.69, 9.17) is 15.0 Å². The Morgan fingerprint density at radius 1 is 1.08 bits per heavy atom. The normalized spacial score (nSPS) is 20.9. The second-order valence-electron chi connectivity index (χ2n) is 9.04. The van der Waals surface area contributed by atoms with Crippen LogP contribution in [0.4, 0.5) is 29.5 Å². The third-order valence-corrected chi connectivity index (χ3v) is 6.62. The van der Waals surface area contributed by atoms with Crippen molar-refractivity contribution < 1.29 is 26.8 Å². The fourth-order valence-electron chi connectivity index (χ4n) is 4.62. The minimum atomic E-state index is -2.76. The first-order valence-corrected chi connectivity index (χ1v) is 11.6. The Balaban J connectivity index is 1.11. The predicted molar refractivity (Wildman–Crippen MR) is 121 cm³/mol. The summed E-state index contributed by atoms with van der Waals surface area (Å²) in [6.45, 7) is 2.43. The number of benzene rings is 1. The van der Waals surface area contributed by atoms with Crippen LogP contribution in [0.1, 0.15) is 36.6 Å². The van der Waals surface area contributed by atoms with Crippen LogP contribution in [0, 0.1) is 17.6 Å². The van der Waals surface area contributed by atoms with Gasteiger partial charge in [-0.05, 0) is 42.5 Å². The van der Waals surface area contributed by atoms with Crippen LogP contribution >= 0.6 is 0 Å². The molecule has 2 aromatic heterocycles. The van der Waals surface area contributed by atoms with Crippen LogP contribution in [-0.4, -0.2) is 58.9 Å². The Morgan fingerprint density at radius 2 is 1.83 bits per heavy atom. The zero-order chi connectivity index (χ0) is 25.2. The second kappa shape index (κ2) is 10.2. The van der Waals surface area contributed by atoms with Crippen molar-refractivity contribution in [3.63, 3.8) is 0 Å². The van der Waals surface area contributed by atoms with Gasteiger partial charge >= 0.3 is 12.4 Å². The molecule has 0 spiro atoms. The lowest BCUT2D eigenvalue weighted by Crippen LogP contribution is -2.35. The van der Waals surface area contributed by atoms with Gasteiger partial charge in [-0.1, -0.05) is 5.16 Å².